The van der Waals surface area contributed by atoms with Gasteiger partial charge in [0.05, 0.1) is 5.69 Å². The molecular weight excluding hydrogens is 374 g/mol. The quantitative estimate of drug-likeness (QED) is 0.665. The lowest BCUT2D eigenvalue weighted by Crippen LogP contribution is -2.40. The molecule has 0 N–H and O–H groups in total. The Balaban J connectivity index is 1.21. The van der Waals surface area contributed by atoms with E-state index in [9.17, 15) is 4.79 Å². The largest absolute Gasteiger partial charge is 0.342 e. The zero-order valence-corrected chi connectivity index (χ0v) is 17.4. The molecule has 6 heteroatoms. The lowest BCUT2D eigenvalue weighted by molar-refractivity contribution is -0.135. The lowest BCUT2D eigenvalue weighted by atomic mass is 9.79. The van der Waals surface area contributed by atoms with Gasteiger partial charge in [-0.15, -0.1) is 0 Å². The number of pyridine rings is 2. The Morgan fingerprint density at radius 2 is 1.97 bits per heavy atom. The van der Waals surface area contributed by atoms with Gasteiger partial charge in [0.25, 0.3) is 0 Å². The van der Waals surface area contributed by atoms with E-state index in [0.29, 0.717) is 23.2 Å². The number of aryl methyl sites for hydroxylation is 1. The molecule has 0 unspecified atom stereocenters. The molecule has 3 aromatic rings. The van der Waals surface area contributed by atoms with E-state index < -0.39 is 0 Å². The van der Waals surface area contributed by atoms with E-state index in [2.05, 4.69) is 27.1 Å². The van der Waals surface area contributed by atoms with Crippen molar-refractivity contribution in [2.24, 2.45) is 11.3 Å². The lowest BCUT2D eigenvalue weighted by Gasteiger charge is -2.34. The van der Waals surface area contributed by atoms with E-state index in [1.165, 1.54) is 19.3 Å². The van der Waals surface area contributed by atoms with Crippen molar-refractivity contribution < 1.29 is 4.79 Å². The van der Waals surface area contributed by atoms with Gasteiger partial charge in [-0.2, -0.15) is 9.78 Å². The second-order valence-electron chi connectivity index (χ2n) is 9.36. The molecule has 0 aromatic carbocycles. The number of piperidine rings is 1. The highest BCUT2D eigenvalue weighted by Crippen LogP contribution is 2.66. The number of amides is 1. The van der Waals surface area contributed by atoms with Gasteiger partial charge in [-0.1, -0.05) is 12.5 Å². The molecule has 1 aliphatic heterocycles. The van der Waals surface area contributed by atoms with E-state index in [-0.39, 0.29) is 0 Å². The number of nitrogens with zero attached hydrogens (tertiary/aromatic N) is 5. The average molecular weight is 402 g/mol. The molecule has 1 amide bonds. The minimum absolute atomic E-state index is 0.327. The molecule has 3 aliphatic rings. The Morgan fingerprint density at radius 3 is 2.63 bits per heavy atom. The molecule has 3 fully saturated rings. The van der Waals surface area contributed by atoms with Gasteiger partial charge in [0, 0.05) is 42.2 Å². The summed E-state index contributed by atoms with van der Waals surface area (Å²) in [5, 5.41) is 5.74. The zero-order chi connectivity index (χ0) is 20.3. The van der Waals surface area contributed by atoms with Crippen molar-refractivity contribution >= 4 is 16.9 Å². The first kappa shape index (κ1) is 18.0. The van der Waals surface area contributed by atoms with Gasteiger partial charge in [0.1, 0.15) is 0 Å². The van der Waals surface area contributed by atoms with Crippen molar-refractivity contribution in [3.8, 4) is 5.82 Å². The molecule has 30 heavy (non-hydrogen) atoms. The van der Waals surface area contributed by atoms with Gasteiger partial charge in [-0.3, -0.25) is 4.79 Å². The Morgan fingerprint density at radius 1 is 1.13 bits per heavy atom. The average Bonchev–Trinajstić information content (AvgIpc) is 3.46. The molecule has 154 valence electrons. The molecular formula is C24H27N5O. The number of fused-ring (bicyclic) bond motifs is 1. The fraction of sp³-hybridized carbons (Fsp3) is 0.500. The summed E-state index contributed by atoms with van der Waals surface area (Å²) in [6.07, 6.45) is 8.75. The third-order valence-electron chi connectivity index (χ3n) is 7.67. The summed E-state index contributed by atoms with van der Waals surface area (Å²) in [7, 11) is 0. The van der Waals surface area contributed by atoms with Gasteiger partial charge < -0.3 is 4.90 Å². The van der Waals surface area contributed by atoms with Crippen LogP contribution in [0.3, 0.4) is 0 Å². The first-order valence-corrected chi connectivity index (χ1v) is 11.2. The molecule has 0 bridgehead atoms. The van der Waals surface area contributed by atoms with E-state index in [1.54, 1.807) is 6.20 Å². The minimum atomic E-state index is 0.327. The van der Waals surface area contributed by atoms with Gasteiger partial charge in [0.15, 0.2) is 11.5 Å². The van der Waals surface area contributed by atoms with Gasteiger partial charge in [-0.05, 0) is 68.7 Å². The van der Waals surface area contributed by atoms with E-state index in [1.807, 2.05) is 29.8 Å². The van der Waals surface area contributed by atoms with Crippen LogP contribution in [0.2, 0.25) is 0 Å². The summed E-state index contributed by atoms with van der Waals surface area (Å²) in [5.41, 5.74) is 3.35. The van der Waals surface area contributed by atoms with Crippen LogP contribution in [-0.2, 0) is 4.79 Å². The van der Waals surface area contributed by atoms with Crippen molar-refractivity contribution in [1.82, 2.24) is 24.6 Å². The van der Waals surface area contributed by atoms with Crippen LogP contribution in [0.1, 0.15) is 55.8 Å². The summed E-state index contributed by atoms with van der Waals surface area (Å²) < 4.78 is 1.85. The number of rotatable bonds is 3. The fourth-order valence-electron chi connectivity index (χ4n) is 5.52. The van der Waals surface area contributed by atoms with Crippen LogP contribution < -0.4 is 0 Å². The van der Waals surface area contributed by atoms with Gasteiger partial charge in [0.2, 0.25) is 5.91 Å². The molecule has 1 atom stereocenters. The predicted octanol–water partition coefficient (Wildman–Crippen LogP) is 4.02. The summed E-state index contributed by atoms with van der Waals surface area (Å²) >= 11 is 0. The first-order valence-electron chi connectivity index (χ1n) is 11.2. The van der Waals surface area contributed by atoms with Crippen molar-refractivity contribution in [3.05, 3.63) is 47.9 Å². The second-order valence-corrected chi connectivity index (χ2v) is 9.36. The number of hydrogen-bond acceptors (Lipinski definition) is 4. The molecule has 1 saturated heterocycles. The molecule has 3 aromatic heterocycles. The highest BCUT2D eigenvalue weighted by atomic mass is 16.2. The van der Waals surface area contributed by atoms with Crippen LogP contribution in [0.15, 0.2) is 36.5 Å². The maximum absolute atomic E-state index is 12.9. The minimum Gasteiger partial charge on any atom is -0.342 e. The molecule has 6 nitrogen and oxygen atoms in total. The summed E-state index contributed by atoms with van der Waals surface area (Å²) in [4.78, 5) is 24.5. The summed E-state index contributed by atoms with van der Waals surface area (Å²) in [5.74, 6) is 1.92. The maximum Gasteiger partial charge on any atom is 0.226 e. The van der Waals surface area contributed by atoms with Crippen LogP contribution in [-0.4, -0.2) is 43.6 Å². The van der Waals surface area contributed by atoms with E-state index >= 15 is 0 Å². The number of carbonyl (C=O) groups excluding carboxylic acids is 1. The van der Waals surface area contributed by atoms with Crippen LogP contribution >= 0.6 is 0 Å². The third-order valence-corrected chi connectivity index (χ3v) is 7.67. The smallest absolute Gasteiger partial charge is 0.226 e. The van der Waals surface area contributed by atoms with E-state index in [0.717, 1.165) is 60.6 Å². The molecule has 2 saturated carbocycles. The topological polar surface area (TPSA) is 63.9 Å². The Labute approximate surface area is 176 Å². The van der Waals surface area contributed by atoms with Crippen molar-refractivity contribution in [3.63, 3.8) is 0 Å². The number of aromatic nitrogens is 4. The highest BCUT2D eigenvalue weighted by Gasteiger charge is 2.61. The summed E-state index contributed by atoms with van der Waals surface area (Å²) in [6, 6.07) is 10.1. The standard InChI is InChI=1S/C24H27N5O/c1-16-18-6-7-20(26-22(18)29(27-16)21-5-2-3-12-25-21)17-8-13-28(14-9-17)23(30)19-15-24(19)10-4-11-24/h2-3,5-7,12,17,19H,4,8-11,13-15H2,1H3/t19-/m1/s1. The Hall–Kier alpha value is -2.76. The normalized spacial score (nSPS) is 23.0. The number of carbonyl (C=O) groups is 1. The Bertz CT molecular complexity index is 1110. The number of hydrogen-bond donors (Lipinski definition) is 0. The van der Waals surface area contributed by atoms with Crippen molar-refractivity contribution in [2.75, 3.05) is 13.1 Å². The maximum atomic E-state index is 12.9. The van der Waals surface area contributed by atoms with E-state index in [4.69, 9.17) is 4.98 Å². The second kappa shape index (κ2) is 6.62. The SMILES string of the molecule is Cc1nn(-c2ccccn2)c2nc(C3CCN(C(=O)[C@H]4CC45CCC5)CC3)ccc12. The zero-order valence-electron chi connectivity index (χ0n) is 17.4. The van der Waals surface area contributed by atoms with Crippen molar-refractivity contribution in [1.29, 1.82) is 0 Å². The third kappa shape index (κ3) is 2.76. The van der Waals surface area contributed by atoms with Crippen LogP contribution in [0.5, 0.6) is 0 Å². The monoisotopic (exact) mass is 401 g/mol. The fourth-order valence-corrected chi connectivity index (χ4v) is 5.52. The predicted molar refractivity (Wildman–Crippen MR) is 114 cm³/mol. The molecule has 4 heterocycles. The highest BCUT2D eigenvalue weighted by molar-refractivity contribution is 5.83. The molecule has 6 rings (SSSR count). The van der Waals surface area contributed by atoms with Crippen LogP contribution in [0.4, 0.5) is 0 Å². The van der Waals surface area contributed by atoms with Crippen molar-refractivity contribution in [2.45, 2.75) is 51.4 Å². The van der Waals surface area contributed by atoms with Crippen LogP contribution in [0, 0.1) is 18.3 Å². The van der Waals surface area contributed by atoms with Crippen LogP contribution in [0.25, 0.3) is 16.9 Å². The first-order chi connectivity index (χ1) is 14.6. The van der Waals surface area contributed by atoms with Gasteiger partial charge >= 0.3 is 0 Å². The molecule has 1 spiro atoms. The Kier molecular flexibility index (Phi) is 3.98. The van der Waals surface area contributed by atoms with Gasteiger partial charge in [-0.25, -0.2) is 9.97 Å². The summed E-state index contributed by atoms with van der Waals surface area (Å²) in [6.45, 7) is 3.72. The number of likely N-dealkylation sites (tertiary alicyclic amines) is 1. The molecule has 0 radical (unpaired) electrons. The molecule has 2 aliphatic carbocycles.